The maximum Gasteiger partial charge on any atom is 0.191 e. The highest BCUT2D eigenvalue weighted by atomic mass is 32.2. The zero-order chi connectivity index (χ0) is 13.1. The second-order valence-electron chi connectivity index (χ2n) is 3.61. The fourth-order valence-corrected chi connectivity index (χ4v) is 1.57. The van der Waals surface area contributed by atoms with Gasteiger partial charge in [0.1, 0.15) is 9.84 Å². The number of ether oxygens (including phenoxy) is 1. The molecule has 0 bridgehead atoms. The highest BCUT2D eigenvalue weighted by Gasteiger charge is 2.02. The third-order valence-electron chi connectivity index (χ3n) is 1.95. The van der Waals surface area contributed by atoms with E-state index in [0.717, 1.165) is 19.6 Å². The van der Waals surface area contributed by atoms with E-state index in [1.54, 1.807) is 7.05 Å². The zero-order valence-corrected chi connectivity index (χ0v) is 11.6. The summed E-state index contributed by atoms with van der Waals surface area (Å²) in [6.07, 6.45) is 2.10. The average Bonchev–Trinajstić information content (AvgIpc) is 2.25. The molecule has 102 valence electrons. The van der Waals surface area contributed by atoms with E-state index in [1.807, 2.05) is 6.92 Å². The summed E-state index contributed by atoms with van der Waals surface area (Å²) >= 11 is 0. The van der Waals surface area contributed by atoms with Gasteiger partial charge >= 0.3 is 0 Å². The Hall–Kier alpha value is -0.820. The first kappa shape index (κ1) is 16.2. The van der Waals surface area contributed by atoms with Crippen molar-refractivity contribution in [1.82, 2.24) is 10.6 Å². The van der Waals surface area contributed by atoms with Crippen LogP contribution in [0.4, 0.5) is 0 Å². The second kappa shape index (κ2) is 9.23. The van der Waals surface area contributed by atoms with Crippen molar-refractivity contribution in [3.8, 4) is 0 Å². The molecule has 0 radical (unpaired) electrons. The van der Waals surface area contributed by atoms with Crippen LogP contribution in [0.3, 0.4) is 0 Å². The fourth-order valence-electron chi connectivity index (χ4n) is 1.10. The number of guanidine groups is 1. The van der Waals surface area contributed by atoms with Gasteiger partial charge in [-0.15, -0.1) is 0 Å². The molecule has 0 saturated heterocycles. The van der Waals surface area contributed by atoms with Gasteiger partial charge < -0.3 is 15.4 Å². The molecule has 0 aliphatic heterocycles. The highest BCUT2D eigenvalue weighted by molar-refractivity contribution is 7.90. The Morgan fingerprint density at radius 2 is 1.94 bits per heavy atom. The Morgan fingerprint density at radius 3 is 2.47 bits per heavy atom. The van der Waals surface area contributed by atoms with Crippen LogP contribution in [0.5, 0.6) is 0 Å². The maximum atomic E-state index is 10.9. The van der Waals surface area contributed by atoms with E-state index in [1.165, 1.54) is 6.26 Å². The third kappa shape index (κ3) is 11.4. The molecule has 2 N–H and O–H groups in total. The summed E-state index contributed by atoms with van der Waals surface area (Å²) in [5.74, 6) is 0.720. The SMILES string of the molecule is CCOCCCNC(=NC)NCCS(C)(=O)=O. The molecule has 0 rings (SSSR count). The van der Waals surface area contributed by atoms with E-state index >= 15 is 0 Å². The largest absolute Gasteiger partial charge is 0.382 e. The molecule has 0 aliphatic rings. The van der Waals surface area contributed by atoms with Crippen molar-refractivity contribution < 1.29 is 13.2 Å². The molecule has 0 atom stereocenters. The summed E-state index contributed by atoms with van der Waals surface area (Å²) in [6, 6.07) is 0. The average molecular weight is 265 g/mol. The van der Waals surface area contributed by atoms with Gasteiger partial charge in [-0.05, 0) is 13.3 Å². The Bertz CT molecular complexity index is 315. The lowest BCUT2D eigenvalue weighted by atomic mass is 10.4. The molecule has 0 aromatic carbocycles. The topological polar surface area (TPSA) is 79.8 Å². The Kier molecular flexibility index (Phi) is 8.79. The van der Waals surface area contributed by atoms with E-state index in [0.29, 0.717) is 19.1 Å². The van der Waals surface area contributed by atoms with E-state index in [9.17, 15) is 8.42 Å². The van der Waals surface area contributed by atoms with Crippen molar-refractivity contribution in [2.75, 3.05) is 45.4 Å². The number of hydrogen-bond acceptors (Lipinski definition) is 4. The molecule has 0 heterocycles. The van der Waals surface area contributed by atoms with Gasteiger partial charge in [0.15, 0.2) is 5.96 Å². The van der Waals surface area contributed by atoms with Crippen LogP contribution >= 0.6 is 0 Å². The van der Waals surface area contributed by atoms with Crippen LogP contribution < -0.4 is 10.6 Å². The summed E-state index contributed by atoms with van der Waals surface area (Å²) in [5.41, 5.74) is 0. The van der Waals surface area contributed by atoms with Crippen LogP contribution in [0, 0.1) is 0 Å². The van der Waals surface area contributed by atoms with Crippen LogP contribution in [0.1, 0.15) is 13.3 Å². The Morgan fingerprint density at radius 1 is 1.29 bits per heavy atom. The summed E-state index contributed by atoms with van der Waals surface area (Å²) in [7, 11) is -1.27. The first-order valence-electron chi connectivity index (χ1n) is 5.69. The smallest absolute Gasteiger partial charge is 0.191 e. The van der Waals surface area contributed by atoms with Crippen molar-refractivity contribution in [2.24, 2.45) is 4.99 Å². The van der Waals surface area contributed by atoms with Crippen LogP contribution in [0.2, 0.25) is 0 Å². The number of sulfone groups is 1. The van der Waals surface area contributed by atoms with Crippen LogP contribution in [0.15, 0.2) is 4.99 Å². The molecule has 0 spiro atoms. The number of rotatable bonds is 8. The normalized spacial score (nSPS) is 12.5. The van der Waals surface area contributed by atoms with Gasteiger partial charge in [-0.2, -0.15) is 0 Å². The number of nitrogens with zero attached hydrogens (tertiary/aromatic N) is 1. The van der Waals surface area contributed by atoms with Crippen molar-refractivity contribution in [3.05, 3.63) is 0 Å². The Balaban J connectivity index is 3.64. The summed E-state index contributed by atoms with van der Waals surface area (Å²) in [5, 5.41) is 6.01. The monoisotopic (exact) mass is 265 g/mol. The van der Waals surface area contributed by atoms with E-state index in [4.69, 9.17) is 4.74 Å². The minimum Gasteiger partial charge on any atom is -0.382 e. The molecule has 6 nitrogen and oxygen atoms in total. The van der Waals surface area contributed by atoms with Crippen LogP contribution in [-0.2, 0) is 14.6 Å². The predicted octanol–water partition coefficient (Wildman–Crippen LogP) is -0.377. The molecule has 0 aliphatic carbocycles. The summed E-state index contributed by atoms with van der Waals surface area (Å²) < 4.78 is 27.0. The molecule has 0 fully saturated rings. The first-order valence-corrected chi connectivity index (χ1v) is 7.75. The summed E-state index contributed by atoms with van der Waals surface area (Å²) in [6.45, 7) is 4.51. The predicted molar refractivity (Wildman–Crippen MR) is 70.2 cm³/mol. The third-order valence-corrected chi connectivity index (χ3v) is 2.90. The minimum absolute atomic E-state index is 0.104. The minimum atomic E-state index is -2.93. The number of nitrogens with one attached hydrogen (secondary N) is 2. The second-order valence-corrected chi connectivity index (χ2v) is 5.87. The number of hydrogen-bond donors (Lipinski definition) is 2. The van der Waals surface area contributed by atoms with Gasteiger partial charge in [0.2, 0.25) is 0 Å². The van der Waals surface area contributed by atoms with Gasteiger partial charge in [0.25, 0.3) is 0 Å². The zero-order valence-electron chi connectivity index (χ0n) is 10.8. The van der Waals surface area contributed by atoms with Gasteiger partial charge in [-0.3, -0.25) is 4.99 Å². The number of aliphatic imine (C=N–C) groups is 1. The van der Waals surface area contributed by atoms with Crippen LogP contribution in [-0.4, -0.2) is 59.7 Å². The molecule has 7 heteroatoms. The molecular weight excluding hydrogens is 242 g/mol. The molecule has 0 aromatic rings. The van der Waals surface area contributed by atoms with Gasteiger partial charge in [0, 0.05) is 39.6 Å². The lowest BCUT2D eigenvalue weighted by Gasteiger charge is -2.11. The van der Waals surface area contributed by atoms with Gasteiger partial charge in [-0.25, -0.2) is 8.42 Å². The Labute approximate surface area is 104 Å². The van der Waals surface area contributed by atoms with Crippen molar-refractivity contribution in [3.63, 3.8) is 0 Å². The molecule has 0 saturated carbocycles. The van der Waals surface area contributed by atoms with Gasteiger partial charge in [0.05, 0.1) is 5.75 Å². The van der Waals surface area contributed by atoms with Crippen molar-refractivity contribution in [2.45, 2.75) is 13.3 Å². The maximum absolute atomic E-state index is 10.9. The molecule has 17 heavy (non-hydrogen) atoms. The fraction of sp³-hybridized carbons (Fsp3) is 0.900. The lowest BCUT2D eigenvalue weighted by molar-refractivity contribution is 0.145. The standard InChI is InChI=1S/C10H23N3O3S/c1-4-16-8-5-6-12-10(11-2)13-7-9-17(3,14)15/h4-9H2,1-3H3,(H2,11,12,13). The molecular formula is C10H23N3O3S. The first-order chi connectivity index (χ1) is 7.99. The van der Waals surface area contributed by atoms with Crippen molar-refractivity contribution in [1.29, 1.82) is 0 Å². The molecule has 0 unspecified atom stereocenters. The van der Waals surface area contributed by atoms with Crippen molar-refractivity contribution >= 4 is 15.8 Å². The van der Waals surface area contributed by atoms with Gasteiger partial charge in [-0.1, -0.05) is 0 Å². The molecule has 0 aromatic heterocycles. The quantitative estimate of drug-likeness (QED) is 0.355. The lowest BCUT2D eigenvalue weighted by Crippen LogP contribution is -2.40. The highest BCUT2D eigenvalue weighted by Crippen LogP contribution is 1.82. The van der Waals surface area contributed by atoms with E-state index in [-0.39, 0.29) is 5.75 Å². The van der Waals surface area contributed by atoms with Crippen LogP contribution in [0.25, 0.3) is 0 Å². The van der Waals surface area contributed by atoms with E-state index in [2.05, 4.69) is 15.6 Å². The molecule has 0 amide bonds. The summed E-state index contributed by atoms with van der Waals surface area (Å²) in [4.78, 5) is 3.98. The van der Waals surface area contributed by atoms with E-state index < -0.39 is 9.84 Å².